The molecule has 0 spiro atoms. The number of phenolic OH excluding ortho intramolecular Hbond substituents is 1. The number of fused-ring (bicyclic) bond motifs is 1. The summed E-state index contributed by atoms with van der Waals surface area (Å²) in [6.07, 6.45) is 3.00. The van der Waals surface area contributed by atoms with Gasteiger partial charge < -0.3 is 10.4 Å². The average molecular weight is 285 g/mol. The summed E-state index contributed by atoms with van der Waals surface area (Å²) in [5.41, 5.74) is 2.13. The maximum Gasteiger partial charge on any atom is 0.153 e. The molecule has 1 aliphatic carbocycles. The van der Waals surface area contributed by atoms with E-state index in [0.29, 0.717) is 10.0 Å². The van der Waals surface area contributed by atoms with E-state index >= 15 is 0 Å². The monoisotopic (exact) mass is 284 g/mol. The highest BCUT2D eigenvalue weighted by molar-refractivity contribution is 6.37. The second-order valence-corrected chi connectivity index (χ2v) is 5.51. The van der Waals surface area contributed by atoms with Gasteiger partial charge in [0.1, 0.15) is 5.84 Å². The molecule has 5 heteroatoms. The third-order valence-electron chi connectivity index (χ3n) is 3.65. The van der Waals surface area contributed by atoms with Crippen LogP contribution in [-0.4, -0.2) is 24.0 Å². The summed E-state index contributed by atoms with van der Waals surface area (Å²) < 4.78 is 0. The highest BCUT2D eigenvalue weighted by Gasteiger charge is 2.29. The van der Waals surface area contributed by atoms with Gasteiger partial charge in [0.15, 0.2) is 5.75 Å². The van der Waals surface area contributed by atoms with E-state index in [1.54, 1.807) is 0 Å². The van der Waals surface area contributed by atoms with E-state index in [4.69, 9.17) is 23.2 Å². The van der Waals surface area contributed by atoms with E-state index < -0.39 is 0 Å². The van der Waals surface area contributed by atoms with Gasteiger partial charge in [-0.15, -0.1) is 0 Å². The Morgan fingerprint density at radius 2 is 2.22 bits per heavy atom. The highest BCUT2D eigenvalue weighted by atomic mass is 35.5. The second-order valence-electron chi connectivity index (χ2n) is 4.73. The summed E-state index contributed by atoms with van der Waals surface area (Å²) in [6.45, 7) is 1.74. The van der Waals surface area contributed by atoms with Gasteiger partial charge in [-0.3, -0.25) is 4.99 Å². The minimum atomic E-state index is -0.000877. The van der Waals surface area contributed by atoms with Crippen molar-refractivity contribution in [2.24, 2.45) is 4.99 Å². The van der Waals surface area contributed by atoms with Crippen molar-refractivity contribution in [3.63, 3.8) is 0 Å². The number of nitrogens with one attached hydrogen (secondary N) is 1. The van der Waals surface area contributed by atoms with Gasteiger partial charge in [0.05, 0.1) is 16.6 Å². The van der Waals surface area contributed by atoms with Crippen LogP contribution in [0, 0.1) is 0 Å². The SMILES string of the molecule is Oc1c(Cl)cc2c(c1Cl)CCCC2C1=NCCN1. The minimum Gasteiger partial charge on any atom is -0.505 e. The molecule has 0 saturated carbocycles. The molecule has 3 nitrogen and oxygen atoms in total. The Kier molecular flexibility index (Phi) is 3.12. The van der Waals surface area contributed by atoms with E-state index in [9.17, 15) is 5.11 Å². The molecule has 1 aliphatic heterocycles. The fourth-order valence-electron chi connectivity index (χ4n) is 2.80. The van der Waals surface area contributed by atoms with Crippen LogP contribution in [0.1, 0.15) is 29.9 Å². The first-order valence-electron chi connectivity index (χ1n) is 6.16. The second kappa shape index (κ2) is 4.63. The lowest BCUT2D eigenvalue weighted by molar-refractivity contribution is 0.473. The van der Waals surface area contributed by atoms with Gasteiger partial charge in [0.2, 0.25) is 0 Å². The Hall–Kier alpha value is -0.930. The standard InChI is InChI=1S/C13H14Cl2N2O/c14-10-6-9-7(11(15)12(10)18)2-1-3-8(9)13-16-4-5-17-13/h6,8,18H,1-5H2,(H,16,17). The van der Waals surface area contributed by atoms with Crippen LogP contribution in [0.4, 0.5) is 0 Å². The Bertz CT molecular complexity index is 528. The molecule has 0 radical (unpaired) electrons. The van der Waals surface area contributed by atoms with Crippen molar-refractivity contribution in [3.8, 4) is 5.75 Å². The molecule has 3 rings (SSSR count). The quantitative estimate of drug-likeness (QED) is 0.832. The number of amidine groups is 1. The maximum absolute atomic E-state index is 9.80. The molecule has 0 fully saturated rings. The predicted molar refractivity (Wildman–Crippen MR) is 74.1 cm³/mol. The Morgan fingerprint density at radius 1 is 1.39 bits per heavy atom. The molecule has 2 aliphatic rings. The zero-order chi connectivity index (χ0) is 12.7. The molecule has 1 heterocycles. The average Bonchev–Trinajstić information content (AvgIpc) is 2.89. The number of rotatable bonds is 1. The molecule has 1 aromatic carbocycles. The van der Waals surface area contributed by atoms with Crippen LogP contribution in [0.2, 0.25) is 10.0 Å². The summed E-state index contributed by atoms with van der Waals surface area (Å²) in [7, 11) is 0. The number of hydrogen-bond acceptors (Lipinski definition) is 3. The first-order chi connectivity index (χ1) is 8.68. The molecule has 0 saturated heterocycles. The fourth-order valence-corrected chi connectivity index (χ4v) is 3.37. The van der Waals surface area contributed by atoms with Crippen LogP contribution in [0.25, 0.3) is 0 Å². The number of aliphatic imine (C=N–C) groups is 1. The summed E-state index contributed by atoms with van der Waals surface area (Å²) in [5, 5.41) is 13.9. The van der Waals surface area contributed by atoms with E-state index in [1.165, 1.54) is 0 Å². The molecule has 0 aromatic heterocycles. The summed E-state index contributed by atoms with van der Waals surface area (Å²) in [6, 6.07) is 1.84. The van der Waals surface area contributed by atoms with E-state index in [-0.39, 0.29) is 11.7 Å². The van der Waals surface area contributed by atoms with Gasteiger partial charge >= 0.3 is 0 Å². The summed E-state index contributed by atoms with van der Waals surface area (Å²) in [5.74, 6) is 1.28. The lowest BCUT2D eigenvalue weighted by Gasteiger charge is -2.27. The molecule has 0 bridgehead atoms. The number of nitrogens with zero attached hydrogens (tertiary/aromatic N) is 1. The van der Waals surface area contributed by atoms with Crippen LogP contribution in [0.15, 0.2) is 11.1 Å². The maximum atomic E-state index is 9.80. The molecule has 18 heavy (non-hydrogen) atoms. The van der Waals surface area contributed by atoms with Gasteiger partial charge in [-0.1, -0.05) is 23.2 Å². The topological polar surface area (TPSA) is 44.6 Å². The van der Waals surface area contributed by atoms with Crippen LogP contribution in [0.5, 0.6) is 5.75 Å². The number of halogens is 2. The van der Waals surface area contributed by atoms with Crippen LogP contribution >= 0.6 is 23.2 Å². The van der Waals surface area contributed by atoms with Gasteiger partial charge in [0.25, 0.3) is 0 Å². The first kappa shape index (κ1) is 12.1. The lowest BCUT2D eigenvalue weighted by Crippen LogP contribution is -2.28. The lowest BCUT2D eigenvalue weighted by atomic mass is 9.82. The molecule has 96 valence electrons. The molecule has 2 N–H and O–H groups in total. The largest absolute Gasteiger partial charge is 0.505 e. The van der Waals surface area contributed by atoms with E-state index in [1.807, 2.05) is 6.07 Å². The molecule has 0 amide bonds. The Balaban J connectivity index is 2.10. The third-order valence-corrected chi connectivity index (χ3v) is 4.35. The van der Waals surface area contributed by atoms with Gasteiger partial charge in [-0.05, 0) is 36.5 Å². The van der Waals surface area contributed by atoms with Crippen molar-refractivity contribution in [2.45, 2.75) is 25.2 Å². The third kappa shape index (κ3) is 1.86. The molecular weight excluding hydrogens is 271 g/mol. The van der Waals surface area contributed by atoms with Crippen LogP contribution in [0.3, 0.4) is 0 Å². The van der Waals surface area contributed by atoms with Crippen molar-refractivity contribution in [1.82, 2.24) is 5.32 Å². The fraction of sp³-hybridized carbons (Fsp3) is 0.462. The minimum absolute atomic E-state index is 0.000877. The Labute approximate surface area is 116 Å². The van der Waals surface area contributed by atoms with E-state index in [2.05, 4.69) is 10.3 Å². The number of aromatic hydroxyl groups is 1. The van der Waals surface area contributed by atoms with Crippen molar-refractivity contribution in [2.75, 3.05) is 13.1 Å². The molecule has 1 atom stereocenters. The van der Waals surface area contributed by atoms with Gasteiger partial charge in [-0.2, -0.15) is 0 Å². The molecular formula is C13H14Cl2N2O. The number of benzene rings is 1. The summed E-state index contributed by atoms with van der Waals surface area (Å²) in [4.78, 5) is 4.50. The van der Waals surface area contributed by atoms with E-state index in [0.717, 1.165) is 49.3 Å². The van der Waals surface area contributed by atoms with Gasteiger partial charge in [-0.25, -0.2) is 0 Å². The highest BCUT2D eigenvalue weighted by Crippen LogP contribution is 2.43. The summed E-state index contributed by atoms with van der Waals surface area (Å²) >= 11 is 12.2. The molecule has 1 aromatic rings. The normalized spacial score (nSPS) is 22.3. The van der Waals surface area contributed by atoms with Crippen LogP contribution in [-0.2, 0) is 6.42 Å². The van der Waals surface area contributed by atoms with Crippen LogP contribution < -0.4 is 5.32 Å². The van der Waals surface area contributed by atoms with Crippen molar-refractivity contribution in [3.05, 3.63) is 27.2 Å². The first-order valence-corrected chi connectivity index (χ1v) is 6.92. The Morgan fingerprint density at radius 3 is 2.94 bits per heavy atom. The zero-order valence-electron chi connectivity index (χ0n) is 9.84. The smallest absolute Gasteiger partial charge is 0.153 e. The van der Waals surface area contributed by atoms with Crippen molar-refractivity contribution >= 4 is 29.0 Å². The molecule has 1 unspecified atom stereocenters. The number of hydrogen-bond donors (Lipinski definition) is 2. The van der Waals surface area contributed by atoms with Crippen molar-refractivity contribution in [1.29, 1.82) is 0 Å². The van der Waals surface area contributed by atoms with Gasteiger partial charge in [0, 0.05) is 12.5 Å². The predicted octanol–water partition coefficient (Wildman–Crippen LogP) is 3.12. The van der Waals surface area contributed by atoms with Crippen molar-refractivity contribution < 1.29 is 5.11 Å². The zero-order valence-corrected chi connectivity index (χ0v) is 11.4. The number of phenols is 1.